The Morgan fingerprint density at radius 2 is 2.38 bits per heavy atom. The number of amides is 1. The molecule has 0 N–H and O–H groups in total. The van der Waals surface area contributed by atoms with Crippen molar-refractivity contribution in [3.05, 3.63) is 11.5 Å². The fourth-order valence-electron chi connectivity index (χ4n) is 2.41. The lowest BCUT2D eigenvalue weighted by molar-refractivity contribution is -0.119. The summed E-state index contributed by atoms with van der Waals surface area (Å²) in [7, 11) is 1.76. The third-order valence-electron chi connectivity index (χ3n) is 3.22. The van der Waals surface area contributed by atoms with Crippen molar-refractivity contribution in [3.63, 3.8) is 0 Å². The maximum atomic E-state index is 12.1. The van der Waals surface area contributed by atoms with Gasteiger partial charge in [0.1, 0.15) is 11.7 Å². The summed E-state index contributed by atoms with van der Waals surface area (Å²) in [6, 6.07) is -0.0662. The maximum absolute atomic E-state index is 12.1. The highest BCUT2D eigenvalue weighted by Crippen LogP contribution is 2.37. The number of anilines is 2. The predicted octanol–water partition coefficient (Wildman–Crippen LogP) is 1.08. The first-order valence-electron chi connectivity index (χ1n) is 5.25. The van der Waals surface area contributed by atoms with Crippen molar-refractivity contribution in [2.45, 2.75) is 18.9 Å². The van der Waals surface area contributed by atoms with Gasteiger partial charge in [0.05, 0.1) is 6.20 Å². The van der Waals surface area contributed by atoms with E-state index in [4.69, 9.17) is 11.6 Å². The van der Waals surface area contributed by atoms with Gasteiger partial charge in [0.25, 0.3) is 0 Å². The molecular formula is C10H11ClN4O. The summed E-state index contributed by atoms with van der Waals surface area (Å²) < 4.78 is 0. The van der Waals surface area contributed by atoms with Crippen LogP contribution in [0, 0.1) is 0 Å². The molecule has 2 aliphatic rings. The number of aromatic nitrogens is 2. The van der Waals surface area contributed by atoms with E-state index in [1.807, 2.05) is 4.90 Å². The van der Waals surface area contributed by atoms with Crippen molar-refractivity contribution in [2.75, 3.05) is 23.4 Å². The average molecular weight is 239 g/mol. The zero-order valence-corrected chi connectivity index (χ0v) is 9.61. The Hall–Kier alpha value is -1.36. The highest BCUT2D eigenvalue weighted by Gasteiger charge is 2.40. The van der Waals surface area contributed by atoms with Crippen molar-refractivity contribution in [2.24, 2.45) is 0 Å². The molecule has 0 unspecified atom stereocenters. The van der Waals surface area contributed by atoms with Crippen LogP contribution >= 0.6 is 11.6 Å². The van der Waals surface area contributed by atoms with E-state index < -0.39 is 0 Å². The summed E-state index contributed by atoms with van der Waals surface area (Å²) in [5.74, 6) is 0.903. The smallest absolute Gasteiger partial charge is 0.249 e. The van der Waals surface area contributed by atoms with E-state index in [-0.39, 0.29) is 17.2 Å². The number of likely N-dealkylation sites (N-methyl/N-ethyl adjacent to an activating group) is 1. The summed E-state index contributed by atoms with van der Waals surface area (Å²) in [5.41, 5.74) is 0.743. The van der Waals surface area contributed by atoms with Gasteiger partial charge in [-0.25, -0.2) is 4.98 Å². The van der Waals surface area contributed by atoms with Crippen LogP contribution in [0.4, 0.5) is 11.5 Å². The lowest BCUT2D eigenvalue weighted by atomic mass is 10.1. The van der Waals surface area contributed by atoms with E-state index in [1.54, 1.807) is 18.1 Å². The molecular weight excluding hydrogens is 228 g/mol. The molecule has 0 bridgehead atoms. The van der Waals surface area contributed by atoms with E-state index in [0.717, 1.165) is 30.9 Å². The molecule has 1 atom stereocenters. The Balaban J connectivity index is 2.17. The number of carbonyl (C=O) groups is 1. The number of halogens is 1. The maximum Gasteiger partial charge on any atom is 0.249 e. The van der Waals surface area contributed by atoms with E-state index in [1.165, 1.54) is 0 Å². The van der Waals surface area contributed by atoms with Gasteiger partial charge in [-0.2, -0.15) is 4.98 Å². The fraction of sp³-hybridized carbons (Fsp3) is 0.500. The Bertz CT molecular complexity index is 464. The van der Waals surface area contributed by atoms with Gasteiger partial charge >= 0.3 is 0 Å². The van der Waals surface area contributed by atoms with Gasteiger partial charge in [-0.1, -0.05) is 0 Å². The van der Waals surface area contributed by atoms with Gasteiger partial charge in [-0.15, -0.1) is 0 Å². The number of hydrogen-bond donors (Lipinski definition) is 0. The lowest BCUT2D eigenvalue weighted by Gasteiger charge is -2.36. The predicted molar refractivity (Wildman–Crippen MR) is 60.8 cm³/mol. The lowest BCUT2D eigenvalue weighted by Crippen LogP contribution is -2.49. The highest BCUT2D eigenvalue weighted by atomic mass is 35.5. The molecule has 84 valence electrons. The number of fused-ring (bicyclic) bond motifs is 3. The van der Waals surface area contributed by atoms with Gasteiger partial charge in [-0.05, 0) is 24.4 Å². The minimum Gasteiger partial charge on any atom is -0.343 e. The van der Waals surface area contributed by atoms with Crippen LogP contribution in [0.15, 0.2) is 6.20 Å². The zero-order valence-electron chi connectivity index (χ0n) is 8.85. The molecule has 0 aliphatic carbocycles. The Labute approximate surface area is 98.0 Å². The SMILES string of the molecule is CN1C(=O)[C@H]2CCCN2c2nc(Cl)ncc21. The normalized spacial score (nSPS) is 23.4. The van der Waals surface area contributed by atoms with Gasteiger partial charge in [0.2, 0.25) is 11.2 Å². The quantitative estimate of drug-likeness (QED) is 0.635. The van der Waals surface area contributed by atoms with E-state index in [0.29, 0.717) is 0 Å². The molecule has 1 aromatic heterocycles. The molecule has 2 aliphatic heterocycles. The number of hydrogen-bond acceptors (Lipinski definition) is 4. The molecule has 1 aromatic rings. The molecule has 0 aromatic carbocycles. The van der Waals surface area contributed by atoms with Crippen LogP contribution in [-0.2, 0) is 4.79 Å². The molecule has 0 radical (unpaired) electrons. The topological polar surface area (TPSA) is 49.3 Å². The summed E-state index contributed by atoms with van der Waals surface area (Å²) in [5, 5.41) is 0.229. The van der Waals surface area contributed by atoms with Crippen LogP contribution in [0.3, 0.4) is 0 Å². The molecule has 1 fully saturated rings. The van der Waals surface area contributed by atoms with Crippen LogP contribution in [0.5, 0.6) is 0 Å². The highest BCUT2D eigenvalue weighted by molar-refractivity contribution is 6.28. The first-order chi connectivity index (χ1) is 7.68. The molecule has 1 saturated heterocycles. The van der Waals surface area contributed by atoms with Crippen molar-refractivity contribution in [1.82, 2.24) is 9.97 Å². The van der Waals surface area contributed by atoms with E-state index >= 15 is 0 Å². The Morgan fingerprint density at radius 3 is 3.19 bits per heavy atom. The number of carbonyl (C=O) groups excluding carboxylic acids is 1. The second kappa shape index (κ2) is 3.31. The molecule has 3 heterocycles. The minimum absolute atomic E-state index is 0.0662. The summed E-state index contributed by atoms with van der Waals surface area (Å²) in [6.45, 7) is 0.866. The molecule has 0 spiro atoms. The van der Waals surface area contributed by atoms with Crippen LogP contribution in [0.1, 0.15) is 12.8 Å². The van der Waals surface area contributed by atoms with Gasteiger partial charge < -0.3 is 9.80 Å². The molecule has 0 saturated carbocycles. The second-order valence-electron chi connectivity index (χ2n) is 4.10. The zero-order chi connectivity index (χ0) is 11.3. The van der Waals surface area contributed by atoms with Gasteiger partial charge in [0, 0.05) is 13.6 Å². The third-order valence-corrected chi connectivity index (χ3v) is 3.40. The largest absolute Gasteiger partial charge is 0.343 e. The third kappa shape index (κ3) is 1.21. The first kappa shape index (κ1) is 9.84. The number of nitrogens with zero attached hydrogens (tertiary/aromatic N) is 4. The van der Waals surface area contributed by atoms with E-state index in [2.05, 4.69) is 9.97 Å². The van der Waals surface area contributed by atoms with Crippen LogP contribution in [-0.4, -0.2) is 35.5 Å². The first-order valence-corrected chi connectivity index (χ1v) is 5.63. The molecule has 6 heteroatoms. The van der Waals surface area contributed by atoms with Gasteiger partial charge in [-0.3, -0.25) is 4.79 Å². The Morgan fingerprint density at radius 1 is 1.56 bits per heavy atom. The fourth-order valence-corrected chi connectivity index (χ4v) is 2.54. The molecule has 3 rings (SSSR count). The van der Waals surface area contributed by atoms with Crippen molar-refractivity contribution in [3.8, 4) is 0 Å². The number of rotatable bonds is 0. The molecule has 16 heavy (non-hydrogen) atoms. The summed E-state index contributed by atoms with van der Waals surface area (Å²) in [6.07, 6.45) is 3.52. The Kier molecular flexibility index (Phi) is 2.04. The molecule has 1 amide bonds. The van der Waals surface area contributed by atoms with Crippen LogP contribution < -0.4 is 9.80 Å². The van der Waals surface area contributed by atoms with Gasteiger partial charge in [0.15, 0.2) is 5.82 Å². The van der Waals surface area contributed by atoms with Crippen LogP contribution in [0.2, 0.25) is 5.28 Å². The van der Waals surface area contributed by atoms with E-state index in [9.17, 15) is 4.79 Å². The van der Waals surface area contributed by atoms with Crippen molar-refractivity contribution < 1.29 is 4.79 Å². The van der Waals surface area contributed by atoms with Crippen LogP contribution in [0.25, 0.3) is 0 Å². The molecule has 5 nitrogen and oxygen atoms in total. The average Bonchev–Trinajstić information content (AvgIpc) is 2.75. The van der Waals surface area contributed by atoms with Crippen molar-refractivity contribution in [1.29, 1.82) is 0 Å². The monoisotopic (exact) mass is 238 g/mol. The van der Waals surface area contributed by atoms with Crippen molar-refractivity contribution >= 4 is 29.0 Å². The minimum atomic E-state index is -0.0662. The standard InChI is InChI=1S/C10H11ClN4O/c1-14-7-5-12-10(11)13-8(7)15-4-2-3-6(15)9(14)16/h5-6H,2-4H2,1H3/t6-/m1/s1. The summed E-state index contributed by atoms with van der Waals surface area (Å²) in [4.78, 5) is 23.9. The summed E-state index contributed by atoms with van der Waals surface area (Å²) >= 11 is 5.80. The second-order valence-corrected chi connectivity index (χ2v) is 4.43.